The van der Waals surface area contributed by atoms with Gasteiger partial charge in [-0.2, -0.15) is 8.42 Å². The number of aryl methyl sites for hydroxylation is 1. The lowest BCUT2D eigenvalue weighted by Crippen LogP contribution is -2.16. The van der Waals surface area contributed by atoms with Gasteiger partial charge < -0.3 is 0 Å². The quantitative estimate of drug-likeness (QED) is 0.792. The Bertz CT molecular complexity index is 933. The molecule has 3 rings (SSSR count). The fraction of sp³-hybridized carbons (Fsp3) is 0.0833. The third-order valence-electron chi connectivity index (χ3n) is 2.88. The molecule has 110 valence electrons. The molecule has 0 bridgehead atoms. The maximum Gasteiger partial charge on any atom is 0.281 e. The number of sulfonamides is 1. The summed E-state index contributed by atoms with van der Waals surface area (Å²) in [6.07, 6.45) is 1.56. The van der Waals surface area contributed by atoms with Gasteiger partial charge in [-0.3, -0.25) is 9.12 Å². The monoisotopic (exact) mass is 345 g/mol. The topological polar surface area (TPSA) is 63.5 Å². The van der Waals surface area contributed by atoms with Crippen molar-refractivity contribution in [3.63, 3.8) is 0 Å². The number of anilines is 1. The van der Waals surface area contributed by atoms with Crippen LogP contribution in [-0.2, 0) is 10.0 Å². The number of aromatic nitrogens is 2. The summed E-state index contributed by atoms with van der Waals surface area (Å²) in [5, 5.41) is 1.41. The largest absolute Gasteiger partial charge is 0.281 e. The molecule has 0 atom stereocenters. The van der Waals surface area contributed by atoms with E-state index < -0.39 is 15.8 Å². The molecule has 0 fully saturated rings. The first-order valence-corrected chi connectivity index (χ1v) is 8.52. The van der Waals surface area contributed by atoms with Crippen LogP contribution >= 0.6 is 22.9 Å². The van der Waals surface area contributed by atoms with E-state index in [0.717, 1.165) is 6.07 Å². The maximum absolute atomic E-state index is 13.3. The highest BCUT2D eigenvalue weighted by molar-refractivity contribution is 7.92. The zero-order chi connectivity index (χ0) is 15.2. The van der Waals surface area contributed by atoms with Crippen LogP contribution in [0, 0.1) is 12.7 Å². The predicted octanol–water partition coefficient (Wildman–Crippen LogP) is 3.30. The van der Waals surface area contributed by atoms with Crippen LogP contribution in [0.3, 0.4) is 0 Å². The standard InChI is InChI=1S/C12H9ClFN3O2S2/c1-7-2-3-8(14)6-9(7)16-21(18,19)11-10(13)15-12-17(11)4-5-20-12/h2-6,16H,1H3. The summed E-state index contributed by atoms with van der Waals surface area (Å²) in [6, 6.07) is 3.87. The predicted molar refractivity (Wildman–Crippen MR) is 80.0 cm³/mol. The summed E-state index contributed by atoms with van der Waals surface area (Å²) in [6.45, 7) is 1.68. The molecule has 0 saturated carbocycles. The second kappa shape index (κ2) is 4.97. The molecule has 21 heavy (non-hydrogen) atoms. The van der Waals surface area contributed by atoms with Crippen molar-refractivity contribution in [2.45, 2.75) is 11.9 Å². The zero-order valence-corrected chi connectivity index (χ0v) is 13.1. The second-order valence-corrected chi connectivity index (χ2v) is 7.16. The molecule has 1 N–H and O–H groups in total. The molecule has 0 amide bonds. The molecule has 0 unspecified atom stereocenters. The summed E-state index contributed by atoms with van der Waals surface area (Å²) in [7, 11) is -3.98. The SMILES string of the molecule is Cc1ccc(F)cc1NS(=O)(=O)c1c(Cl)nc2sccn12. The van der Waals surface area contributed by atoms with Crippen molar-refractivity contribution < 1.29 is 12.8 Å². The molecule has 3 aromatic rings. The summed E-state index contributed by atoms with van der Waals surface area (Å²) in [5.41, 5.74) is 0.762. The highest BCUT2D eigenvalue weighted by Gasteiger charge is 2.25. The normalized spacial score (nSPS) is 12.0. The van der Waals surface area contributed by atoms with Gasteiger partial charge in [0.1, 0.15) is 5.82 Å². The van der Waals surface area contributed by atoms with Crippen LogP contribution in [-0.4, -0.2) is 17.8 Å². The number of halogens is 2. The number of fused-ring (bicyclic) bond motifs is 1. The van der Waals surface area contributed by atoms with Gasteiger partial charge >= 0.3 is 0 Å². The smallest absolute Gasteiger partial charge is 0.278 e. The molecular formula is C12H9ClFN3O2S2. The summed E-state index contributed by atoms with van der Waals surface area (Å²) >= 11 is 7.18. The van der Waals surface area contributed by atoms with Gasteiger partial charge in [0, 0.05) is 11.6 Å². The van der Waals surface area contributed by atoms with Crippen molar-refractivity contribution in [1.82, 2.24) is 9.38 Å². The first kappa shape index (κ1) is 14.3. The molecule has 0 radical (unpaired) electrons. The number of rotatable bonds is 3. The minimum absolute atomic E-state index is 0.122. The van der Waals surface area contributed by atoms with Crippen LogP contribution < -0.4 is 4.72 Å². The molecule has 0 aliphatic heterocycles. The Hall–Kier alpha value is -1.64. The number of benzene rings is 1. The van der Waals surface area contributed by atoms with E-state index in [-0.39, 0.29) is 15.9 Å². The number of imidazole rings is 1. The summed E-state index contributed by atoms with van der Waals surface area (Å²) < 4.78 is 42.0. The Morgan fingerprint density at radius 2 is 2.19 bits per heavy atom. The zero-order valence-electron chi connectivity index (χ0n) is 10.7. The first-order valence-electron chi connectivity index (χ1n) is 5.78. The van der Waals surface area contributed by atoms with E-state index in [2.05, 4.69) is 9.71 Å². The van der Waals surface area contributed by atoms with Crippen molar-refractivity contribution in [2.24, 2.45) is 0 Å². The lowest BCUT2D eigenvalue weighted by atomic mass is 10.2. The van der Waals surface area contributed by atoms with E-state index in [4.69, 9.17) is 11.6 Å². The minimum atomic E-state index is -3.98. The Balaban J connectivity index is 2.10. The highest BCUT2D eigenvalue weighted by Crippen LogP contribution is 2.28. The van der Waals surface area contributed by atoms with Gasteiger partial charge in [0.2, 0.25) is 0 Å². The number of hydrogen-bond donors (Lipinski definition) is 1. The van der Waals surface area contributed by atoms with E-state index in [9.17, 15) is 12.8 Å². The fourth-order valence-electron chi connectivity index (χ4n) is 1.88. The van der Waals surface area contributed by atoms with Crippen molar-refractivity contribution in [3.05, 3.63) is 46.3 Å². The summed E-state index contributed by atoms with van der Waals surface area (Å²) in [5.74, 6) is -0.529. The molecule has 0 aliphatic carbocycles. The molecule has 2 heterocycles. The van der Waals surface area contributed by atoms with Crippen LogP contribution in [0.1, 0.15) is 5.56 Å². The lowest BCUT2D eigenvalue weighted by Gasteiger charge is -2.10. The van der Waals surface area contributed by atoms with Gasteiger partial charge in [0.15, 0.2) is 15.1 Å². The Kier molecular flexibility index (Phi) is 3.39. The van der Waals surface area contributed by atoms with Crippen molar-refractivity contribution in [3.8, 4) is 0 Å². The lowest BCUT2D eigenvalue weighted by molar-refractivity contribution is 0.596. The molecule has 0 spiro atoms. The Morgan fingerprint density at radius 3 is 2.95 bits per heavy atom. The molecule has 9 heteroatoms. The van der Waals surface area contributed by atoms with E-state index in [1.54, 1.807) is 18.5 Å². The van der Waals surface area contributed by atoms with Gasteiger partial charge in [-0.15, -0.1) is 11.3 Å². The van der Waals surface area contributed by atoms with Gasteiger partial charge in [0.25, 0.3) is 10.0 Å². The Morgan fingerprint density at radius 1 is 1.43 bits per heavy atom. The number of nitrogens with one attached hydrogen (secondary N) is 1. The van der Waals surface area contributed by atoms with Crippen LogP contribution in [0.4, 0.5) is 10.1 Å². The number of nitrogens with zero attached hydrogens (tertiary/aromatic N) is 2. The average Bonchev–Trinajstić information content (AvgIpc) is 2.92. The van der Waals surface area contributed by atoms with Gasteiger partial charge in [-0.05, 0) is 24.6 Å². The van der Waals surface area contributed by atoms with E-state index in [1.807, 2.05) is 0 Å². The molecule has 2 aromatic heterocycles. The number of thiazole rings is 1. The van der Waals surface area contributed by atoms with E-state index in [1.165, 1.54) is 27.9 Å². The third-order valence-corrected chi connectivity index (χ3v) is 5.40. The van der Waals surface area contributed by atoms with Crippen LogP contribution in [0.15, 0.2) is 34.8 Å². The third kappa shape index (κ3) is 2.50. The molecule has 1 aromatic carbocycles. The second-order valence-electron chi connectivity index (χ2n) is 4.33. The van der Waals surface area contributed by atoms with Gasteiger partial charge in [-0.25, -0.2) is 9.37 Å². The minimum Gasteiger partial charge on any atom is -0.278 e. The van der Waals surface area contributed by atoms with Gasteiger partial charge in [-0.1, -0.05) is 17.7 Å². The van der Waals surface area contributed by atoms with Crippen molar-refractivity contribution in [2.75, 3.05) is 4.72 Å². The van der Waals surface area contributed by atoms with Crippen molar-refractivity contribution >= 4 is 43.6 Å². The maximum atomic E-state index is 13.3. The van der Waals surface area contributed by atoms with Crippen LogP contribution in [0.25, 0.3) is 4.96 Å². The van der Waals surface area contributed by atoms with Crippen LogP contribution in [0.2, 0.25) is 5.15 Å². The summed E-state index contributed by atoms with van der Waals surface area (Å²) in [4.78, 5) is 4.44. The van der Waals surface area contributed by atoms with Crippen molar-refractivity contribution in [1.29, 1.82) is 0 Å². The fourth-order valence-corrected chi connectivity index (χ4v) is 4.45. The van der Waals surface area contributed by atoms with Gasteiger partial charge in [0.05, 0.1) is 5.69 Å². The molecule has 0 saturated heterocycles. The Labute approximate surface area is 129 Å². The highest BCUT2D eigenvalue weighted by atomic mass is 35.5. The first-order chi connectivity index (χ1) is 9.88. The van der Waals surface area contributed by atoms with Crippen LogP contribution in [0.5, 0.6) is 0 Å². The number of hydrogen-bond acceptors (Lipinski definition) is 4. The molecule has 0 aliphatic rings. The average molecular weight is 346 g/mol. The molecule has 5 nitrogen and oxygen atoms in total. The van der Waals surface area contributed by atoms with E-state index >= 15 is 0 Å². The molecular weight excluding hydrogens is 337 g/mol. The van der Waals surface area contributed by atoms with E-state index in [0.29, 0.717) is 10.5 Å².